The lowest BCUT2D eigenvalue weighted by molar-refractivity contribution is 0.443. The minimum atomic E-state index is 0.781. The van der Waals surface area contributed by atoms with E-state index in [1.165, 1.54) is 59.9 Å². The van der Waals surface area contributed by atoms with Gasteiger partial charge in [-0.2, -0.15) is 0 Å². The zero-order chi connectivity index (χ0) is 16.2. The topological polar surface area (TPSA) is 0 Å². The Balaban J connectivity index is 1.60. The lowest BCUT2D eigenvalue weighted by Crippen LogP contribution is -2.04. The van der Waals surface area contributed by atoms with Gasteiger partial charge in [0.05, 0.1) is 0 Å². The number of rotatable bonds is 3. The molecule has 0 saturated heterocycles. The molecular weight excluding hydrogens is 288 g/mol. The standard InChI is InChI=1S/C24H24/c1-3-8-19(9-4-1)21-14-16-22(17-15-21)24-13-7-12-23(18-24)20-10-5-2-6-11-20/h2,5-7,10-19H,1,3-4,8-9H2. The molecule has 24 heavy (non-hydrogen) atoms. The number of benzene rings is 3. The Labute approximate surface area is 145 Å². The molecule has 0 aromatic heterocycles. The molecule has 3 aromatic rings. The highest BCUT2D eigenvalue weighted by Gasteiger charge is 2.15. The van der Waals surface area contributed by atoms with Crippen LogP contribution < -0.4 is 0 Å². The molecule has 1 aliphatic carbocycles. The van der Waals surface area contributed by atoms with Crippen LogP contribution in [0.2, 0.25) is 0 Å². The molecule has 4 rings (SSSR count). The molecule has 1 aliphatic rings. The van der Waals surface area contributed by atoms with Crippen LogP contribution in [0.5, 0.6) is 0 Å². The molecule has 0 radical (unpaired) electrons. The van der Waals surface area contributed by atoms with Gasteiger partial charge in [0.2, 0.25) is 0 Å². The van der Waals surface area contributed by atoms with Gasteiger partial charge in [-0.1, -0.05) is 92.1 Å². The Bertz CT molecular complexity index is 778. The maximum absolute atomic E-state index is 2.35. The van der Waals surface area contributed by atoms with Crippen molar-refractivity contribution in [2.75, 3.05) is 0 Å². The summed E-state index contributed by atoms with van der Waals surface area (Å²) in [5, 5.41) is 0. The van der Waals surface area contributed by atoms with Gasteiger partial charge in [0.1, 0.15) is 0 Å². The third-order valence-electron chi connectivity index (χ3n) is 5.29. The molecule has 0 unspecified atom stereocenters. The van der Waals surface area contributed by atoms with E-state index in [0.717, 1.165) is 5.92 Å². The van der Waals surface area contributed by atoms with E-state index in [4.69, 9.17) is 0 Å². The Morgan fingerprint density at radius 1 is 0.500 bits per heavy atom. The van der Waals surface area contributed by atoms with Gasteiger partial charge in [0.25, 0.3) is 0 Å². The molecule has 0 atom stereocenters. The highest BCUT2D eigenvalue weighted by atomic mass is 14.2. The fourth-order valence-electron chi connectivity index (χ4n) is 3.89. The summed E-state index contributed by atoms with van der Waals surface area (Å²) >= 11 is 0. The molecule has 0 aliphatic heterocycles. The predicted molar refractivity (Wildman–Crippen MR) is 103 cm³/mol. The summed E-state index contributed by atoms with van der Waals surface area (Å²) in [5.41, 5.74) is 6.69. The zero-order valence-corrected chi connectivity index (χ0v) is 14.1. The summed E-state index contributed by atoms with van der Waals surface area (Å²) in [4.78, 5) is 0. The maximum Gasteiger partial charge on any atom is -0.0162 e. The first-order valence-corrected chi connectivity index (χ1v) is 9.16. The maximum atomic E-state index is 2.35. The van der Waals surface area contributed by atoms with Crippen molar-refractivity contribution in [2.45, 2.75) is 38.0 Å². The summed E-state index contributed by atoms with van der Waals surface area (Å²) in [6.07, 6.45) is 6.93. The SMILES string of the molecule is c1ccc(-c2cccc(-c3ccc(C4CCCCC4)cc3)c2)cc1. The summed E-state index contributed by atoms with van der Waals surface area (Å²) in [5.74, 6) is 0.781. The molecule has 0 spiro atoms. The lowest BCUT2D eigenvalue weighted by Gasteiger charge is -2.22. The fraction of sp³-hybridized carbons (Fsp3) is 0.250. The van der Waals surface area contributed by atoms with Crippen molar-refractivity contribution in [3.05, 3.63) is 84.4 Å². The van der Waals surface area contributed by atoms with E-state index in [1.807, 2.05) is 0 Å². The third-order valence-corrected chi connectivity index (χ3v) is 5.29. The molecule has 120 valence electrons. The summed E-state index contributed by atoms with van der Waals surface area (Å²) in [6, 6.07) is 28.8. The molecule has 0 bridgehead atoms. The Morgan fingerprint density at radius 2 is 1.08 bits per heavy atom. The van der Waals surface area contributed by atoms with Crippen molar-refractivity contribution >= 4 is 0 Å². The first-order valence-electron chi connectivity index (χ1n) is 9.16. The highest BCUT2D eigenvalue weighted by Crippen LogP contribution is 2.34. The minimum absolute atomic E-state index is 0.781. The average Bonchev–Trinajstić information content (AvgIpc) is 2.70. The van der Waals surface area contributed by atoms with E-state index >= 15 is 0 Å². The average molecular weight is 312 g/mol. The van der Waals surface area contributed by atoms with Gasteiger partial charge in [-0.3, -0.25) is 0 Å². The highest BCUT2D eigenvalue weighted by molar-refractivity contribution is 5.73. The number of hydrogen-bond donors (Lipinski definition) is 0. The summed E-state index contributed by atoms with van der Waals surface area (Å²) in [7, 11) is 0. The lowest BCUT2D eigenvalue weighted by atomic mass is 9.83. The van der Waals surface area contributed by atoms with Gasteiger partial charge in [0, 0.05) is 0 Å². The molecule has 1 fully saturated rings. The minimum Gasteiger partial charge on any atom is -0.0622 e. The van der Waals surface area contributed by atoms with Crippen molar-refractivity contribution in [3.8, 4) is 22.3 Å². The second-order valence-electron chi connectivity index (χ2n) is 6.90. The van der Waals surface area contributed by atoms with E-state index in [-0.39, 0.29) is 0 Å². The van der Waals surface area contributed by atoms with Gasteiger partial charge < -0.3 is 0 Å². The summed E-state index contributed by atoms with van der Waals surface area (Å²) < 4.78 is 0. The fourth-order valence-corrected chi connectivity index (χ4v) is 3.89. The van der Waals surface area contributed by atoms with Gasteiger partial charge in [-0.25, -0.2) is 0 Å². The van der Waals surface area contributed by atoms with E-state index < -0.39 is 0 Å². The monoisotopic (exact) mass is 312 g/mol. The van der Waals surface area contributed by atoms with Crippen LogP contribution in [0, 0.1) is 0 Å². The molecule has 0 nitrogen and oxygen atoms in total. The smallest absolute Gasteiger partial charge is 0.0162 e. The van der Waals surface area contributed by atoms with E-state index in [9.17, 15) is 0 Å². The Morgan fingerprint density at radius 3 is 1.75 bits per heavy atom. The van der Waals surface area contributed by atoms with Gasteiger partial charge >= 0.3 is 0 Å². The Hall–Kier alpha value is -2.34. The first-order chi connectivity index (χ1) is 11.9. The molecule has 0 heteroatoms. The predicted octanol–water partition coefficient (Wildman–Crippen LogP) is 7.07. The van der Waals surface area contributed by atoms with Gasteiger partial charge in [0.15, 0.2) is 0 Å². The number of hydrogen-bond acceptors (Lipinski definition) is 0. The Kier molecular flexibility index (Phi) is 4.46. The van der Waals surface area contributed by atoms with Crippen LogP contribution in [0.4, 0.5) is 0 Å². The van der Waals surface area contributed by atoms with Crippen molar-refractivity contribution < 1.29 is 0 Å². The van der Waals surface area contributed by atoms with E-state index in [1.54, 1.807) is 0 Å². The normalized spacial score (nSPS) is 15.3. The van der Waals surface area contributed by atoms with Crippen LogP contribution in [-0.2, 0) is 0 Å². The zero-order valence-electron chi connectivity index (χ0n) is 14.1. The van der Waals surface area contributed by atoms with Crippen molar-refractivity contribution in [1.29, 1.82) is 0 Å². The largest absolute Gasteiger partial charge is 0.0622 e. The van der Waals surface area contributed by atoms with Crippen LogP contribution in [0.15, 0.2) is 78.9 Å². The van der Waals surface area contributed by atoms with Crippen LogP contribution >= 0.6 is 0 Å². The van der Waals surface area contributed by atoms with Crippen LogP contribution in [0.3, 0.4) is 0 Å². The van der Waals surface area contributed by atoms with Crippen LogP contribution in [0.25, 0.3) is 22.3 Å². The molecule has 0 heterocycles. The summed E-state index contributed by atoms with van der Waals surface area (Å²) in [6.45, 7) is 0. The molecule has 1 saturated carbocycles. The van der Waals surface area contributed by atoms with E-state index in [2.05, 4.69) is 78.9 Å². The molecular formula is C24H24. The van der Waals surface area contributed by atoms with Crippen molar-refractivity contribution in [2.24, 2.45) is 0 Å². The second kappa shape index (κ2) is 7.05. The molecule has 0 amide bonds. The van der Waals surface area contributed by atoms with Gasteiger partial charge in [-0.05, 0) is 52.6 Å². The van der Waals surface area contributed by atoms with Gasteiger partial charge in [-0.15, -0.1) is 0 Å². The second-order valence-corrected chi connectivity index (χ2v) is 6.90. The quantitative estimate of drug-likeness (QED) is 0.485. The van der Waals surface area contributed by atoms with Crippen LogP contribution in [-0.4, -0.2) is 0 Å². The van der Waals surface area contributed by atoms with Crippen LogP contribution in [0.1, 0.15) is 43.6 Å². The molecule has 0 N–H and O–H groups in total. The van der Waals surface area contributed by atoms with Crippen molar-refractivity contribution in [1.82, 2.24) is 0 Å². The third kappa shape index (κ3) is 3.28. The first kappa shape index (κ1) is 15.2. The molecule has 3 aromatic carbocycles. The van der Waals surface area contributed by atoms with E-state index in [0.29, 0.717) is 0 Å². The van der Waals surface area contributed by atoms with Crippen molar-refractivity contribution in [3.63, 3.8) is 0 Å².